The van der Waals surface area contributed by atoms with Crippen molar-refractivity contribution in [2.45, 2.75) is 25.4 Å². The van der Waals surface area contributed by atoms with Crippen LogP contribution >= 0.6 is 0 Å². The molecule has 1 saturated carbocycles. The summed E-state index contributed by atoms with van der Waals surface area (Å²) in [5.74, 6) is -0.973. The molecule has 112 valence electrons. The van der Waals surface area contributed by atoms with E-state index < -0.39 is 5.97 Å². The smallest absolute Gasteiger partial charge is 0.356 e. The highest BCUT2D eigenvalue weighted by molar-refractivity contribution is 6.00. The van der Waals surface area contributed by atoms with Gasteiger partial charge in [0.2, 0.25) is 0 Å². The van der Waals surface area contributed by atoms with Crippen LogP contribution in [-0.2, 0) is 13.6 Å². The zero-order valence-corrected chi connectivity index (χ0v) is 12.1. The van der Waals surface area contributed by atoms with Gasteiger partial charge in [0.05, 0.1) is 5.69 Å². The molecule has 1 aromatic heterocycles. The van der Waals surface area contributed by atoms with E-state index in [1.165, 1.54) is 10.7 Å². The van der Waals surface area contributed by atoms with Gasteiger partial charge in [0.15, 0.2) is 5.69 Å². The van der Waals surface area contributed by atoms with E-state index in [9.17, 15) is 9.59 Å². The molecule has 0 bridgehead atoms. The van der Waals surface area contributed by atoms with Crippen molar-refractivity contribution in [3.8, 4) is 11.3 Å². The molecule has 1 amide bonds. The number of aromatic nitrogens is 2. The number of carboxylic acids is 1. The molecule has 0 unspecified atom stereocenters. The summed E-state index contributed by atoms with van der Waals surface area (Å²) in [6, 6.07) is 7.66. The Morgan fingerprint density at radius 1 is 1.32 bits per heavy atom. The fraction of sp³-hybridized carbons (Fsp3) is 0.312. The molecular weight excluding hydrogens is 282 g/mol. The van der Waals surface area contributed by atoms with Crippen molar-refractivity contribution < 1.29 is 14.7 Å². The number of fused-ring (bicyclic) bond motifs is 1. The average molecular weight is 297 g/mol. The van der Waals surface area contributed by atoms with Crippen LogP contribution in [-0.4, -0.2) is 37.7 Å². The molecule has 22 heavy (non-hydrogen) atoms. The third-order valence-corrected chi connectivity index (χ3v) is 4.32. The molecule has 1 N–H and O–H groups in total. The second-order valence-electron chi connectivity index (χ2n) is 5.88. The van der Waals surface area contributed by atoms with E-state index >= 15 is 0 Å². The maximum absolute atomic E-state index is 12.5. The topological polar surface area (TPSA) is 75.4 Å². The number of hydrogen-bond donors (Lipinski definition) is 1. The molecule has 1 fully saturated rings. The lowest BCUT2D eigenvalue weighted by atomic mass is 10.0. The van der Waals surface area contributed by atoms with Crippen molar-refractivity contribution in [3.05, 3.63) is 41.1 Å². The van der Waals surface area contributed by atoms with Crippen LogP contribution in [0.5, 0.6) is 0 Å². The Hall–Kier alpha value is -2.63. The van der Waals surface area contributed by atoms with Crippen LogP contribution in [0.4, 0.5) is 0 Å². The molecule has 1 aliphatic carbocycles. The van der Waals surface area contributed by atoms with Crippen molar-refractivity contribution in [2.75, 3.05) is 0 Å². The van der Waals surface area contributed by atoms with Crippen molar-refractivity contribution in [1.82, 2.24) is 14.7 Å². The molecule has 6 heteroatoms. The molecule has 2 heterocycles. The molecule has 1 aromatic carbocycles. The summed E-state index contributed by atoms with van der Waals surface area (Å²) in [6.45, 7) is 0.685. The molecule has 0 radical (unpaired) electrons. The summed E-state index contributed by atoms with van der Waals surface area (Å²) in [6.07, 6.45) is 2.19. The molecule has 0 atom stereocenters. The fourth-order valence-electron chi connectivity index (χ4n) is 3.01. The number of nitrogens with zero attached hydrogens (tertiary/aromatic N) is 3. The Balaban J connectivity index is 1.74. The summed E-state index contributed by atoms with van der Waals surface area (Å²) >= 11 is 0. The Bertz CT molecular complexity index is 805. The summed E-state index contributed by atoms with van der Waals surface area (Å²) < 4.78 is 1.53. The molecule has 0 saturated heterocycles. The Morgan fingerprint density at radius 3 is 2.73 bits per heavy atom. The van der Waals surface area contributed by atoms with Crippen molar-refractivity contribution in [1.29, 1.82) is 0 Å². The second-order valence-corrected chi connectivity index (χ2v) is 5.88. The first-order valence-electron chi connectivity index (χ1n) is 7.26. The molecule has 2 aromatic rings. The summed E-state index contributed by atoms with van der Waals surface area (Å²) in [7, 11) is 1.70. The predicted octanol–water partition coefficient (Wildman–Crippen LogP) is 1.90. The average Bonchev–Trinajstić information content (AvgIpc) is 3.18. The first-order chi connectivity index (χ1) is 10.5. The molecule has 1 aliphatic heterocycles. The molecule has 6 nitrogen and oxygen atoms in total. The zero-order chi connectivity index (χ0) is 15.4. The SMILES string of the molecule is Cn1nc(C(=O)O)cc1-c1ccc2c(c1)C(=O)N(C1CC1)C2. The van der Waals surface area contributed by atoms with Crippen LogP contribution in [0.1, 0.15) is 39.3 Å². The van der Waals surface area contributed by atoms with E-state index in [1.807, 2.05) is 23.1 Å². The van der Waals surface area contributed by atoms with Gasteiger partial charge >= 0.3 is 5.97 Å². The zero-order valence-electron chi connectivity index (χ0n) is 12.1. The van der Waals surface area contributed by atoms with Crippen LogP contribution in [0, 0.1) is 0 Å². The van der Waals surface area contributed by atoms with E-state index in [0.717, 1.165) is 29.5 Å². The van der Waals surface area contributed by atoms with Crippen molar-refractivity contribution in [2.24, 2.45) is 7.05 Å². The number of carbonyl (C=O) groups excluding carboxylic acids is 1. The lowest BCUT2D eigenvalue weighted by Gasteiger charge is -2.13. The number of hydrogen-bond acceptors (Lipinski definition) is 3. The number of carbonyl (C=O) groups is 2. The van der Waals surface area contributed by atoms with E-state index in [4.69, 9.17) is 5.11 Å². The summed E-state index contributed by atoms with van der Waals surface area (Å²) in [4.78, 5) is 25.4. The van der Waals surface area contributed by atoms with Crippen molar-refractivity contribution in [3.63, 3.8) is 0 Å². The lowest BCUT2D eigenvalue weighted by molar-refractivity contribution is 0.0688. The third-order valence-electron chi connectivity index (χ3n) is 4.32. The Labute approximate surface area is 127 Å². The normalized spacial score (nSPS) is 17.0. The van der Waals surface area contributed by atoms with Gasteiger partial charge in [-0.1, -0.05) is 12.1 Å². The Kier molecular flexibility index (Phi) is 2.63. The maximum Gasteiger partial charge on any atom is 0.356 e. The highest BCUT2D eigenvalue weighted by atomic mass is 16.4. The van der Waals surface area contributed by atoms with E-state index in [2.05, 4.69) is 5.10 Å². The molecule has 0 spiro atoms. The van der Waals surface area contributed by atoms with Gasteiger partial charge in [-0.05, 0) is 30.5 Å². The van der Waals surface area contributed by atoms with E-state index in [0.29, 0.717) is 18.3 Å². The molecule has 4 rings (SSSR count). The minimum Gasteiger partial charge on any atom is -0.476 e. The molecule has 2 aliphatic rings. The first kappa shape index (κ1) is 13.1. The number of benzene rings is 1. The standard InChI is InChI=1S/C16H15N3O3/c1-18-14(7-13(17-18)16(21)22)9-2-3-10-8-19(11-4-5-11)15(20)12(10)6-9/h2-3,6-7,11H,4-5,8H2,1H3,(H,21,22). The summed E-state index contributed by atoms with van der Waals surface area (Å²) in [5.41, 5.74) is 3.28. The van der Waals surface area contributed by atoms with Gasteiger partial charge in [-0.3, -0.25) is 9.48 Å². The minimum atomic E-state index is -1.06. The van der Waals surface area contributed by atoms with Gasteiger partial charge in [-0.25, -0.2) is 4.79 Å². The minimum absolute atomic E-state index is 0.00364. The largest absolute Gasteiger partial charge is 0.476 e. The number of aryl methyl sites for hydroxylation is 1. The fourth-order valence-corrected chi connectivity index (χ4v) is 3.01. The monoisotopic (exact) mass is 297 g/mol. The van der Waals surface area contributed by atoms with Gasteiger partial charge in [0, 0.05) is 30.8 Å². The lowest BCUT2D eigenvalue weighted by Crippen LogP contribution is -2.25. The van der Waals surface area contributed by atoms with E-state index in [1.54, 1.807) is 7.05 Å². The maximum atomic E-state index is 12.5. The van der Waals surface area contributed by atoms with Crippen LogP contribution in [0.2, 0.25) is 0 Å². The van der Waals surface area contributed by atoms with Crippen molar-refractivity contribution >= 4 is 11.9 Å². The first-order valence-corrected chi connectivity index (χ1v) is 7.26. The third kappa shape index (κ3) is 1.91. The quantitative estimate of drug-likeness (QED) is 0.939. The number of carboxylic acid groups (broad SMARTS) is 1. The number of amides is 1. The predicted molar refractivity (Wildman–Crippen MR) is 78.5 cm³/mol. The van der Waals surface area contributed by atoms with Crippen LogP contribution < -0.4 is 0 Å². The van der Waals surface area contributed by atoms with Gasteiger partial charge < -0.3 is 10.0 Å². The number of aromatic carboxylic acids is 1. The van der Waals surface area contributed by atoms with Gasteiger partial charge in [0.1, 0.15) is 0 Å². The highest BCUT2D eigenvalue weighted by Gasteiger charge is 2.38. The van der Waals surface area contributed by atoms with Crippen LogP contribution in [0.15, 0.2) is 24.3 Å². The van der Waals surface area contributed by atoms with Gasteiger partial charge in [-0.15, -0.1) is 0 Å². The van der Waals surface area contributed by atoms with Gasteiger partial charge in [-0.2, -0.15) is 5.10 Å². The highest BCUT2D eigenvalue weighted by Crippen LogP contribution is 2.36. The number of rotatable bonds is 3. The van der Waals surface area contributed by atoms with Crippen LogP contribution in [0.25, 0.3) is 11.3 Å². The van der Waals surface area contributed by atoms with E-state index in [-0.39, 0.29) is 11.6 Å². The summed E-state index contributed by atoms with van der Waals surface area (Å²) in [5, 5.41) is 13.0. The second kappa shape index (κ2) is 4.43. The Morgan fingerprint density at radius 2 is 2.09 bits per heavy atom. The van der Waals surface area contributed by atoms with Crippen LogP contribution in [0.3, 0.4) is 0 Å². The molecular formula is C16H15N3O3. The van der Waals surface area contributed by atoms with Gasteiger partial charge in [0.25, 0.3) is 5.91 Å².